The van der Waals surface area contributed by atoms with Gasteiger partial charge in [-0.3, -0.25) is 9.59 Å². The van der Waals surface area contributed by atoms with Gasteiger partial charge in [0, 0.05) is 0 Å². The zero-order valence-electron chi connectivity index (χ0n) is 8.28. The van der Waals surface area contributed by atoms with Crippen LogP contribution in [-0.2, 0) is 9.59 Å². The maximum absolute atomic E-state index is 9.87. The number of aliphatic carboxylic acids is 1. The van der Waals surface area contributed by atoms with E-state index < -0.39 is 5.97 Å². The molecule has 0 atom stereocenters. The summed E-state index contributed by atoms with van der Waals surface area (Å²) in [4.78, 5) is 19.5. The van der Waals surface area contributed by atoms with Crippen molar-refractivity contribution in [3.8, 4) is 0 Å². The minimum absolute atomic E-state index is 0.312. The Labute approximate surface area is 78.8 Å². The van der Waals surface area contributed by atoms with E-state index in [1.54, 1.807) is 0 Å². The van der Waals surface area contributed by atoms with Crippen LogP contribution >= 0.6 is 0 Å². The molecule has 0 saturated carbocycles. The lowest BCUT2D eigenvalue weighted by Gasteiger charge is -1.80. The zero-order valence-corrected chi connectivity index (χ0v) is 8.28. The molecule has 0 aliphatic heterocycles. The molecule has 0 fully saturated rings. The van der Waals surface area contributed by atoms with Crippen LogP contribution < -0.4 is 0 Å². The molecule has 0 aliphatic carbocycles. The van der Waals surface area contributed by atoms with Gasteiger partial charge in [-0.15, -0.1) is 0 Å². The summed E-state index contributed by atoms with van der Waals surface area (Å²) in [5.41, 5.74) is 0. The maximum Gasteiger partial charge on any atom is 0.310 e. The Hall–Kier alpha value is -1.38. The second-order valence-corrected chi connectivity index (χ2v) is 2.32. The van der Waals surface area contributed by atoms with Crippen LogP contribution in [0.5, 0.6) is 0 Å². The smallest absolute Gasteiger partial charge is 0.310 e. The van der Waals surface area contributed by atoms with Crippen LogP contribution in [0.1, 0.15) is 27.2 Å². The van der Waals surface area contributed by atoms with Crippen LogP contribution in [0.2, 0.25) is 0 Å². The van der Waals surface area contributed by atoms with Crippen molar-refractivity contribution < 1.29 is 14.7 Å². The molecule has 0 saturated heterocycles. The van der Waals surface area contributed by atoms with E-state index in [1.165, 1.54) is 6.92 Å². The number of carboxylic acids is 1. The van der Waals surface area contributed by atoms with Crippen LogP contribution in [-0.4, -0.2) is 16.9 Å². The monoisotopic (exact) mass is 184 g/mol. The van der Waals surface area contributed by atoms with Crippen LogP contribution in [0.3, 0.4) is 0 Å². The lowest BCUT2D eigenvalue weighted by atomic mass is 10.3. The van der Waals surface area contributed by atoms with Gasteiger partial charge < -0.3 is 5.11 Å². The fourth-order valence-corrected chi connectivity index (χ4v) is 0.435. The van der Waals surface area contributed by atoms with E-state index in [0.717, 1.165) is 0 Å². The molecule has 0 spiro atoms. The number of carbonyl (C=O) groups excluding carboxylic acids is 1. The van der Waals surface area contributed by atoms with Crippen molar-refractivity contribution in [3.05, 3.63) is 24.3 Å². The van der Waals surface area contributed by atoms with Gasteiger partial charge in [-0.05, 0) is 20.8 Å². The summed E-state index contributed by atoms with van der Waals surface area (Å²) >= 11 is 0. The Morgan fingerprint density at radius 3 is 1.62 bits per heavy atom. The molecule has 0 aromatic carbocycles. The summed E-state index contributed by atoms with van der Waals surface area (Å²) in [7, 11) is 0. The van der Waals surface area contributed by atoms with Crippen molar-refractivity contribution in [3.63, 3.8) is 0 Å². The molecule has 0 heterocycles. The van der Waals surface area contributed by atoms with E-state index in [-0.39, 0.29) is 12.2 Å². The number of hydrogen-bond donors (Lipinski definition) is 1. The van der Waals surface area contributed by atoms with Crippen molar-refractivity contribution in [2.45, 2.75) is 27.2 Å². The summed E-state index contributed by atoms with van der Waals surface area (Å²) in [6.45, 7) is 5.24. The van der Waals surface area contributed by atoms with Gasteiger partial charge >= 0.3 is 5.97 Å². The highest BCUT2D eigenvalue weighted by Crippen LogP contribution is 1.77. The molecule has 0 radical (unpaired) electrons. The van der Waals surface area contributed by atoms with Gasteiger partial charge in [0.05, 0.1) is 0 Å². The molecule has 3 nitrogen and oxygen atoms in total. The third-order valence-corrected chi connectivity index (χ3v) is 0.896. The Kier molecular flexibility index (Phi) is 11.6. The second-order valence-electron chi connectivity index (χ2n) is 2.32. The number of carboxylic acid groups (broad SMARTS) is 1. The standard InChI is InChI=1S/C6H10.C4H6O3/c1-3-5-6-4-2;1-3(5)2-4(6)7/h3-6H,1-2H3;2H2,1H3,(H,6,7). The molecule has 0 aromatic heterocycles. The molecule has 0 bridgehead atoms. The summed E-state index contributed by atoms with van der Waals surface area (Å²) in [6.07, 6.45) is 7.64. The third kappa shape index (κ3) is 25.0. The Morgan fingerprint density at radius 2 is 1.54 bits per heavy atom. The first-order valence-corrected chi connectivity index (χ1v) is 3.99. The summed E-state index contributed by atoms with van der Waals surface area (Å²) in [6, 6.07) is 0. The number of rotatable bonds is 3. The van der Waals surface area contributed by atoms with Gasteiger partial charge in [-0.25, -0.2) is 0 Å². The Morgan fingerprint density at radius 1 is 1.15 bits per heavy atom. The van der Waals surface area contributed by atoms with Gasteiger partial charge in [0.1, 0.15) is 12.2 Å². The molecule has 0 rings (SSSR count). The quantitative estimate of drug-likeness (QED) is 0.540. The highest BCUT2D eigenvalue weighted by molar-refractivity contribution is 5.93. The van der Waals surface area contributed by atoms with Gasteiger partial charge in [-0.2, -0.15) is 0 Å². The fourth-order valence-electron chi connectivity index (χ4n) is 0.435. The number of Topliss-reactive ketones (excluding diaryl/α,β-unsaturated/α-hetero) is 1. The summed E-state index contributed by atoms with van der Waals surface area (Å²) in [5.74, 6) is -1.37. The molecular formula is C10H16O3. The highest BCUT2D eigenvalue weighted by atomic mass is 16.4. The average Bonchev–Trinajstić information content (AvgIpc) is 1.99. The first kappa shape index (κ1) is 14.2. The van der Waals surface area contributed by atoms with Crippen molar-refractivity contribution in [1.82, 2.24) is 0 Å². The fraction of sp³-hybridized carbons (Fsp3) is 0.400. The van der Waals surface area contributed by atoms with Crippen LogP contribution in [0.15, 0.2) is 24.3 Å². The van der Waals surface area contributed by atoms with Crippen LogP contribution in [0, 0.1) is 0 Å². The SMILES string of the molecule is CC(=O)CC(=O)O.CC=CC=CC. The zero-order chi connectivity index (χ0) is 10.7. The first-order valence-electron chi connectivity index (χ1n) is 3.99. The number of hydrogen-bond acceptors (Lipinski definition) is 2. The minimum Gasteiger partial charge on any atom is -0.481 e. The third-order valence-electron chi connectivity index (χ3n) is 0.896. The minimum atomic E-state index is -1.06. The van der Waals surface area contributed by atoms with Crippen LogP contribution in [0.4, 0.5) is 0 Å². The van der Waals surface area contributed by atoms with E-state index in [0.29, 0.717) is 0 Å². The van der Waals surface area contributed by atoms with Gasteiger partial charge in [-0.1, -0.05) is 24.3 Å². The summed E-state index contributed by atoms with van der Waals surface area (Å²) in [5, 5.41) is 7.86. The molecule has 13 heavy (non-hydrogen) atoms. The predicted molar refractivity (Wildman–Crippen MR) is 52.6 cm³/mol. The molecule has 0 amide bonds. The Balaban J connectivity index is 0. The molecular weight excluding hydrogens is 168 g/mol. The molecule has 3 heteroatoms. The van der Waals surface area contributed by atoms with E-state index in [4.69, 9.17) is 5.11 Å². The molecule has 74 valence electrons. The van der Waals surface area contributed by atoms with Crippen LogP contribution in [0.25, 0.3) is 0 Å². The average molecular weight is 184 g/mol. The lowest BCUT2D eigenvalue weighted by Crippen LogP contribution is -2.00. The summed E-state index contributed by atoms with van der Waals surface area (Å²) < 4.78 is 0. The lowest BCUT2D eigenvalue weighted by molar-refractivity contribution is -0.139. The predicted octanol–water partition coefficient (Wildman–Crippen LogP) is 2.19. The van der Waals surface area contributed by atoms with Crippen molar-refractivity contribution in [2.24, 2.45) is 0 Å². The first-order chi connectivity index (χ1) is 6.04. The number of carbonyl (C=O) groups is 2. The maximum atomic E-state index is 9.87. The van der Waals surface area contributed by atoms with E-state index in [2.05, 4.69) is 0 Å². The molecule has 0 aromatic rings. The number of ketones is 1. The Bertz CT molecular complexity index is 180. The van der Waals surface area contributed by atoms with E-state index in [9.17, 15) is 9.59 Å². The van der Waals surface area contributed by atoms with Crippen molar-refractivity contribution in [1.29, 1.82) is 0 Å². The molecule has 1 N–H and O–H groups in total. The normalized spacial score (nSPS) is 9.77. The molecule has 0 unspecified atom stereocenters. The van der Waals surface area contributed by atoms with Crippen molar-refractivity contribution in [2.75, 3.05) is 0 Å². The number of allylic oxidation sites excluding steroid dienone is 4. The van der Waals surface area contributed by atoms with E-state index in [1.807, 2.05) is 38.2 Å². The highest BCUT2D eigenvalue weighted by Gasteiger charge is 1.98. The second kappa shape index (κ2) is 10.6. The van der Waals surface area contributed by atoms with Gasteiger partial charge in [0.25, 0.3) is 0 Å². The largest absolute Gasteiger partial charge is 0.481 e. The van der Waals surface area contributed by atoms with Gasteiger partial charge in [0.2, 0.25) is 0 Å². The molecule has 0 aliphatic rings. The van der Waals surface area contributed by atoms with Crippen molar-refractivity contribution >= 4 is 11.8 Å². The topological polar surface area (TPSA) is 54.4 Å². The van der Waals surface area contributed by atoms with Gasteiger partial charge in [0.15, 0.2) is 0 Å². The van der Waals surface area contributed by atoms with E-state index >= 15 is 0 Å².